The Balaban J connectivity index is 0.000000214. The van der Waals surface area contributed by atoms with Crippen LogP contribution in [0.5, 0.6) is 0 Å². The van der Waals surface area contributed by atoms with Crippen molar-refractivity contribution in [1.82, 2.24) is 35.4 Å². The smallest absolute Gasteiger partial charge is 0.243 e. The Labute approximate surface area is 279 Å². The third-order valence-electron chi connectivity index (χ3n) is 5.50. The summed E-state index contributed by atoms with van der Waals surface area (Å²) in [5.41, 5.74) is 11.6. The van der Waals surface area contributed by atoms with E-state index >= 15 is 0 Å². The van der Waals surface area contributed by atoms with Gasteiger partial charge >= 0.3 is 0 Å². The van der Waals surface area contributed by atoms with Crippen molar-refractivity contribution in [3.05, 3.63) is 146 Å². The van der Waals surface area contributed by atoms with Gasteiger partial charge in [-0.05, 0) is 72.8 Å². The molecule has 0 saturated heterocycles. The molecule has 0 unspecified atom stereocenters. The predicted octanol–water partition coefficient (Wildman–Crippen LogP) is 5.19. The molecule has 4 N–H and O–H groups in total. The minimum atomic E-state index is -0.603. The molecule has 0 spiro atoms. The first-order valence-electron chi connectivity index (χ1n) is 13.8. The van der Waals surface area contributed by atoms with Crippen LogP contribution in [-0.4, -0.2) is 46.9 Å². The Morgan fingerprint density at radius 1 is 0.478 bits per heavy atom. The molecule has 0 saturated carbocycles. The number of nitrogens with one attached hydrogen (secondary N) is 1. The largest absolute Gasteiger partial charge is 0.370 e. The maximum atomic E-state index is 10.1. The molecule has 11 nitrogen and oxygen atoms in total. The molecule has 0 aliphatic carbocycles. The van der Waals surface area contributed by atoms with Crippen LogP contribution in [0.2, 0.25) is 0 Å². The summed E-state index contributed by atoms with van der Waals surface area (Å²) in [6, 6.07) is 34.8. The van der Waals surface area contributed by atoms with Crippen molar-refractivity contribution in [3.63, 3.8) is 0 Å². The molecule has 6 rings (SSSR count). The number of rotatable bonds is 6. The Hall–Kier alpha value is -5.58. The van der Waals surface area contributed by atoms with E-state index in [1.807, 2.05) is 109 Å². The Kier molecular flexibility index (Phi) is 17.5. The van der Waals surface area contributed by atoms with Gasteiger partial charge in [-0.25, -0.2) is 5.48 Å². The number of nitrogens with two attached hydrogens (primary N) is 1. The number of nitrogens with zero attached hydrogens (tertiary/aromatic N) is 6. The zero-order valence-electron chi connectivity index (χ0n) is 24.6. The van der Waals surface area contributed by atoms with Crippen LogP contribution in [0.4, 0.5) is 0 Å². The molecule has 46 heavy (non-hydrogen) atoms. The van der Waals surface area contributed by atoms with Crippen LogP contribution in [-0.2, 0) is 29.1 Å². The van der Waals surface area contributed by atoms with E-state index in [9.17, 15) is 9.59 Å². The van der Waals surface area contributed by atoms with E-state index in [0.717, 1.165) is 34.2 Å². The van der Waals surface area contributed by atoms with Crippen LogP contribution in [0.1, 0.15) is 12.8 Å². The third kappa shape index (κ3) is 14.3. The summed E-state index contributed by atoms with van der Waals surface area (Å²) < 4.78 is 0. The van der Waals surface area contributed by atoms with E-state index in [4.69, 9.17) is 10.9 Å². The zero-order valence-corrected chi connectivity index (χ0v) is 26.4. The third-order valence-corrected chi connectivity index (χ3v) is 5.50. The SMILES string of the molecule is NC(=O)CCC(=O)NO.[Ru].c1ccc(-c2ccccn2)nc1.c1ccc(-c2ccccn2)nc1.c1ccc(-c2ccccn2)nc1. The van der Waals surface area contributed by atoms with Gasteiger partial charge in [0, 0.05) is 69.5 Å². The van der Waals surface area contributed by atoms with Gasteiger partial charge < -0.3 is 5.73 Å². The van der Waals surface area contributed by atoms with Crippen molar-refractivity contribution in [2.24, 2.45) is 5.73 Å². The quantitative estimate of drug-likeness (QED) is 0.120. The average molecular weight is 702 g/mol. The summed E-state index contributed by atoms with van der Waals surface area (Å²) in [6.45, 7) is 0. The number of aromatic nitrogens is 6. The van der Waals surface area contributed by atoms with Gasteiger partial charge in [-0.3, -0.25) is 44.7 Å². The van der Waals surface area contributed by atoms with E-state index < -0.39 is 11.8 Å². The Morgan fingerprint density at radius 3 is 0.870 bits per heavy atom. The van der Waals surface area contributed by atoms with Crippen molar-refractivity contribution in [2.75, 3.05) is 0 Å². The molecule has 234 valence electrons. The molecular formula is C34H32N8O3Ru. The zero-order chi connectivity index (χ0) is 32.0. The van der Waals surface area contributed by atoms with Gasteiger partial charge in [-0.2, -0.15) is 0 Å². The number of hydrogen-bond donors (Lipinski definition) is 3. The molecular weight excluding hydrogens is 669 g/mol. The van der Waals surface area contributed by atoms with Gasteiger partial charge in [0.25, 0.3) is 0 Å². The van der Waals surface area contributed by atoms with Crippen molar-refractivity contribution in [1.29, 1.82) is 0 Å². The summed E-state index contributed by atoms with van der Waals surface area (Å²) in [5.74, 6) is -1.16. The summed E-state index contributed by atoms with van der Waals surface area (Å²) in [7, 11) is 0. The monoisotopic (exact) mass is 702 g/mol. The van der Waals surface area contributed by atoms with Crippen molar-refractivity contribution in [2.45, 2.75) is 12.8 Å². The maximum Gasteiger partial charge on any atom is 0.243 e. The van der Waals surface area contributed by atoms with Crippen LogP contribution in [0.3, 0.4) is 0 Å². The van der Waals surface area contributed by atoms with Crippen LogP contribution in [0.25, 0.3) is 34.2 Å². The average Bonchev–Trinajstić information content (AvgIpc) is 3.13. The van der Waals surface area contributed by atoms with E-state index in [2.05, 4.69) is 29.9 Å². The normalized spacial score (nSPS) is 9.24. The molecule has 0 aliphatic rings. The fourth-order valence-corrected chi connectivity index (χ4v) is 3.38. The number of pyridine rings is 6. The number of carbonyl (C=O) groups excluding carboxylic acids is 2. The number of hydrogen-bond acceptors (Lipinski definition) is 9. The molecule has 0 atom stereocenters. The van der Waals surface area contributed by atoms with Gasteiger partial charge in [0.05, 0.1) is 34.2 Å². The predicted molar refractivity (Wildman–Crippen MR) is 171 cm³/mol. The summed E-state index contributed by atoms with van der Waals surface area (Å²) in [5, 5.41) is 7.90. The second-order valence-corrected chi connectivity index (χ2v) is 8.79. The molecule has 0 fully saturated rings. The number of hydroxylamine groups is 1. The maximum absolute atomic E-state index is 10.1. The van der Waals surface area contributed by atoms with Crippen molar-refractivity contribution in [3.8, 4) is 34.2 Å². The van der Waals surface area contributed by atoms with Gasteiger partial charge in [0.1, 0.15) is 0 Å². The van der Waals surface area contributed by atoms with Gasteiger partial charge in [-0.15, -0.1) is 0 Å². The molecule has 6 heterocycles. The molecule has 0 radical (unpaired) electrons. The molecule has 6 aromatic rings. The van der Waals surface area contributed by atoms with E-state index in [0.29, 0.717) is 0 Å². The van der Waals surface area contributed by atoms with Crippen LogP contribution in [0.15, 0.2) is 146 Å². The topological polar surface area (TPSA) is 170 Å². The molecule has 0 bridgehead atoms. The minimum Gasteiger partial charge on any atom is -0.370 e. The van der Waals surface area contributed by atoms with Gasteiger partial charge in [0.15, 0.2) is 0 Å². The molecule has 12 heteroatoms. The number of amides is 2. The molecule has 0 aromatic carbocycles. The van der Waals surface area contributed by atoms with Crippen LogP contribution >= 0.6 is 0 Å². The van der Waals surface area contributed by atoms with Crippen LogP contribution < -0.4 is 11.2 Å². The Bertz CT molecular complexity index is 1370. The standard InChI is InChI=1S/3C10H8N2.C4H8N2O3.Ru/c3*1-3-7-11-9(5-1)10-6-2-4-8-12-10;5-3(7)1-2-4(8)6-9;/h3*1-8H;9H,1-2H2,(H2,5,7)(H,6,8);. The second-order valence-electron chi connectivity index (χ2n) is 8.79. The van der Waals surface area contributed by atoms with E-state index in [1.54, 1.807) is 37.2 Å². The number of primary amides is 1. The fraction of sp³-hybridized carbons (Fsp3) is 0.0588. The molecule has 0 aliphatic heterocycles. The molecule has 6 aromatic heterocycles. The van der Waals surface area contributed by atoms with Gasteiger partial charge in [0.2, 0.25) is 11.8 Å². The van der Waals surface area contributed by atoms with E-state index in [1.165, 1.54) is 5.48 Å². The van der Waals surface area contributed by atoms with Crippen molar-refractivity contribution >= 4 is 11.8 Å². The fourth-order valence-electron chi connectivity index (χ4n) is 3.38. The second kappa shape index (κ2) is 22.0. The first kappa shape index (κ1) is 36.6. The van der Waals surface area contributed by atoms with E-state index in [-0.39, 0.29) is 32.3 Å². The molecule has 2 amide bonds. The van der Waals surface area contributed by atoms with Gasteiger partial charge in [-0.1, -0.05) is 36.4 Å². The van der Waals surface area contributed by atoms with Crippen LogP contribution in [0, 0.1) is 0 Å². The summed E-state index contributed by atoms with van der Waals surface area (Å²) >= 11 is 0. The Morgan fingerprint density at radius 2 is 0.717 bits per heavy atom. The first-order chi connectivity index (χ1) is 22.1. The van der Waals surface area contributed by atoms with Crippen molar-refractivity contribution < 1.29 is 34.3 Å². The first-order valence-corrected chi connectivity index (χ1v) is 13.8. The number of carbonyl (C=O) groups is 2. The minimum absolute atomic E-state index is 0. The summed E-state index contributed by atoms with van der Waals surface area (Å²) in [6.07, 6.45) is 10.5. The summed E-state index contributed by atoms with van der Waals surface area (Å²) in [4.78, 5) is 45.2.